The number of aromatic amines is 1. The van der Waals surface area contributed by atoms with E-state index in [9.17, 15) is 19.2 Å². The first kappa shape index (κ1) is 31.5. The molecule has 0 radical (unpaired) electrons. The molecule has 5 heterocycles. The van der Waals surface area contributed by atoms with E-state index in [4.69, 9.17) is 16.3 Å². The Bertz CT molecular complexity index is 1660. The second-order valence-corrected chi connectivity index (χ2v) is 13.4. The molecule has 0 spiro atoms. The molecule has 6 rings (SSSR count). The summed E-state index contributed by atoms with van der Waals surface area (Å²) in [4.78, 5) is 69.5. The van der Waals surface area contributed by atoms with Gasteiger partial charge in [0.1, 0.15) is 17.4 Å². The maximum Gasteiger partial charge on any atom is 0.410 e. The van der Waals surface area contributed by atoms with Gasteiger partial charge in [0.25, 0.3) is 0 Å². The number of carbonyl (C=O) groups is 2. The number of rotatable bonds is 6. The summed E-state index contributed by atoms with van der Waals surface area (Å²) in [6.07, 6.45) is 3.45. The number of hydrogen-bond acceptors (Lipinski definition) is 8. The number of aromatic nitrogens is 4. The lowest BCUT2D eigenvalue weighted by Gasteiger charge is -2.46. The van der Waals surface area contributed by atoms with E-state index < -0.39 is 28.7 Å². The van der Waals surface area contributed by atoms with Crippen molar-refractivity contribution in [2.24, 2.45) is 7.05 Å². The predicted octanol–water partition coefficient (Wildman–Crippen LogP) is 3.67. The van der Waals surface area contributed by atoms with Crippen molar-refractivity contribution < 1.29 is 14.3 Å². The fourth-order valence-corrected chi connectivity index (χ4v) is 6.32. The van der Waals surface area contributed by atoms with Gasteiger partial charge in [-0.1, -0.05) is 23.7 Å². The van der Waals surface area contributed by atoms with Gasteiger partial charge in [-0.15, -0.1) is 0 Å². The molecule has 3 aliphatic rings. The zero-order valence-electron chi connectivity index (χ0n) is 26.0. The summed E-state index contributed by atoms with van der Waals surface area (Å²) in [7, 11) is 1.54. The monoisotopic (exact) mass is 625 g/mol. The highest BCUT2D eigenvalue weighted by molar-refractivity contribution is 6.30. The van der Waals surface area contributed by atoms with Gasteiger partial charge in [-0.2, -0.15) is 0 Å². The molecule has 2 aromatic heterocycles. The van der Waals surface area contributed by atoms with Crippen molar-refractivity contribution in [3.8, 4) is 0 Å². The van der Waals surface area contributed by atoms with E-state index in [1.165, 1.54) is 10.9 Å². The third-order valence-electron chi connectivity index (χ3n) is 8.40. The lowest BCUT2D eigenvalue weighted by atomic mass is 9.94. The van der Waals surface area contributed by atoms with E-state index in [0.29, 0.717) is 29.4 Å². The van der Waals surface area contributed by atoms with E-state index in [0.717, 1.165) is 24.8 Å². The standard InChI is InChI=1S/C31H40ClN7O5/c1-18(2)37(30(43)44-31(3,4)5)16-23(19-10-12-20(32)13-11-19)28(41)39-15-21-8-7-9-22(39)14-38(21)26-24-25(33-17-34-26)35-27(40)29(42)36(24)6/h10-13,17-18,21-23H,7-9,14-16H2,1-6H3,(H,33,34,35,40)/t21?,22?,23-/m1/s1. The van der Waals surface area contributed by atoms with Crippen molar-refractivity contribution in [2.75, 3.05) is 24.5 Å². The number of amides is 2. The Balaban J connectivity index is 1.48. The van der Waals surface area contributed by atoms with Gasteiger partial charge in [-0.05, 0) is 71.6 Å². The summed E-state index contributed by atoms with van der Waals surface area (Å²) in [5, 5.41) is 0.560. The summed E-state index contributed by atoms with van der Waals surface area (Å²) in [5.41, 5.74) is -0.601. The van der Waals surface area contributed by atoms with E-state index >= 15 is 0 Å². The Morgan fingerprint density at radius 2 is 1.77 bits per heavy atom. The SMILES string of the molecule is CC(C)N(C[C@@H](C(=O)N1CC2CCCC1CN2c1ncnc2[nH]c(=O)c(=O)n(C)c12)c1ccc(Cl)cc1)C(=O)OC(C)(C)C. The molecule has 3 atom stereocenters. The van der Waals surface area contributed by atoms with Crippen LogP contribution in [0.25, 0.3) is 11.2 Å². The normalized spacial score (nSPS) is 19.3. The number of aryl methyl sites for hydroxylation is 1. The number of carbonyl (C=O) groups excluding carboxylic acids is 2. The van der Waals surface area contributed by atoms with Crippen molar-refractivity contribution in [1.29, 1.82) is 0 Å². The van der Waals surface area contributed by atoms with Crippen LogP contribution in [0.2, 0.25) is 5.02 Å². The smallest absolute Gasteiger partial charge is 0.410 e. The number of ether oxygens (including phenoxy) is 1. The second-order valence-electron chi connectivity index (χ2n) is 12.9. The van der Waals surface area contributed by atoms with Gasteiger partial charge in [0.05, 0.1) is 5.92 Å². The fourth-order valence-electron chi connectivity index (χ4n) is 6.19. The van der Waals surface area contributed by atoms with Gasteiger partial charge in [0.2, 0.25) is 5.91 Å². The molecule has 2 bridgehead atoms. The zero-order valence-corrected chi connectivity index (χ0v) is 26.8. The highest BCUT2D eigenvalue weighted by Crippen LogP contribution is 2.35. The van der Waals surface area contributed by atoms with Crippen LogP contribution in [0, 0.1) is 0 Å². The van der Waals surface area contributed by atoms with Gasteiger partial charge in [-0.3, -0.25) is 14.4 Å². The van der Waals surface area contributed by atoms with Crippen LogP contribution in [0.3, 0.4) is 0 Å². The Hall–Kier alpha value is -3.93. The number of halogens is 1. The number of benzene rings is 1. The van der Waals surface area contributed by atoms with Gasteiger partial charge in [0.15, 0.2) is 11.5 Å². The molecule has 236 valence electrons. The number of nitrogens with zero attached hydrogens (tertiary/aromatic N) is 6. The van der Waals surface area contributed by atoms with Crippen LogP contribution in [-0.2, 0) is 16.6 Å². The molecular weight excluding hydrogens is 586 g/mol. The van der Waals surface area contributed by atoms with Gasteiger partial charge in [-0.25, -0.2) is 14.8 Å². The van der Waals surface area contributed by atoms with E-state index in [-0.39, 0.29) is 36.2 Å². The van der Waals surface area contributed by atoms with Crippen LogP contribution in [0.15, 0.2) is 40.2 Å². The molecule has 3 aromatic rings. The zero-order chi connectivity index (χ0) is 31.9. The molecule has 3 aliphatic heterocycles. The van der Waals surface area contributed by atoms with Crippen LogP contribution in [-0.4, -0.2) is 84.7 Å². The quantitative estimate of drug-likeness (QED) is 0.410. The number of piperazine rings is 1. The Morgan fingerprint density at radius 1 is 1.09 bits per heavy atom. The summed E-state index contributed by atoms with van der Waals surface area (Å²) < 4.78 is 7.00. The lowest BCUT2D eigenvalue weighted by Crippen LogP contribution is -2.60. The third-order valence-corrected chi connectivity index (χ3v) is 8.65. The molecule has 13 heteroatoms. The topological polar surface area (TPSA) is 134 Å². The van der Waals surface area contributed by atoms with Crippen molar-refractivity contribution in [2.45, 2.75) is 83.5 Å². The van der Waals surface area contributed by atoms with Crippen molar-refractivity contribution in [3.63, 3.8) is 0 Å². The third kappa shape index (κ3) is 6.31. The molecule has 12 nitrogen and oxygen atoms in total. The minimum absolute atomic E-state index is 0.0673. The molecular formula is C31H40ClN7O5. The first-order valence-corrected chi connectivity index (χ1v) is 15.4. The fraction of sp³-hybridized carbons (Fsp3) is 0.548. The average Bonchev–Trinajstić information content (AvgIpc) is 3.29. The summed E-state index contributed by atoms with van der Waals surface area (Å²) in [6.45, 7) is 10.4. The molecule has 3 saturated heterocycles. The molecule has 1 N–H and O–H groups in total. The van der Waals surface area contributed by atoms with Crippen LogP contribution >= 0.6 is 11.6 Å². The van der Waals surface area contributed by atoms with Gasteiger partial charge >= 0.3 is 17.2 Å². The molecule has 3 fully saturated rings. The number of H-pyrrole nitrogens is 1. The van der Waals surface area contributed by atoms with Crippen molar-refractivity contribution in [3.05, 3.63) is 61.9 Å². The van der Waals surface area contributed by atoms with Gasteiger partial charge < -0.3 is 29.0 Å². The van der Waals surface area contributed by atoms with Crippen LogP contribution in [0.4, 0.5) is 10.6 Å². The molecule has 2 amide bonds. The van der Waals surface area contributed by atoms with Crippen LogP contribution < -0.4 is 16.0 Å². The largest absolute Gasteiger partial charge is 0.444 e. The molecule has 0 aliphatic carbocycles. The predicted molar refractivity (Wildman–Crippen MR) is 168 cm³/mol. The lowest BCUT2D eigenvalue weighted by molar-refractivity contribution is -0.136. The first-order chi connectivity index (χ1) is 20.7. The molecule has 2 unspecified atom stereocenters. The minimum Gasteiger partial charge on any atom is -0.444 e. The first-order valence-electron chi connectivity index (χ1n) is 15.0. The number of fused-ring (bicyclic) bond motifs is 5. The Morgan fingerprint density at radius 3 is 2.43 bits per heavy atom. The highest BCUT2D eigenvalue weighted by Gasteiger charge is 2.43. The van der Waals surface area contributed by atoms with E-state index in [2.05, 4.69) is 19.9 Å². The summed E-state index contributed by atoms with van der Waals surface area (Å²) in [6, 6.07) is 6.80. The van der Waals surface area contributed by atoms with Crippen LogP contribution in [0.5, 0.6) is 0 Å². The van der Waals surface area contributed by atoms with Gasteiger partial charge in [0, 0.05) is 49.8 Å². The summed E-state index contributed by atoms with van der Waals surface area (Å²) >= 11 is 6.21. The minimum atomic E-state index is -0.742. The van der Waals surface area contributed by atoms with E-state index in [1.807, 2.05) is 51.7 Å². The number of hydrogen-bond donors (Lipinski definition) is 1. The second kappa shape index (κ2) is 12.2. The van der Waals surface area contributed by atoms with Crippen molar-refractivity contribution >= 4 is 40.6 Å². The van der Waals surface area contributed by atoms with Crippen LogP contribution in [0.1, 0.15) is 65.4 Å². The average molecular weight is 626 g/mol. The number of anilines is 1. The maximum atomic E-state index is 14.6. The Kier molecular flexibility index (Phi) is 8.75. The number of nitrogens with one attached hydrogen (secondary N) is 1. The molecule has 44 heavy (non-hydrogen) atoms. The highest BCUT2D eigenvalue weighted by atomic mass is 35.5. The Labute approximate surface area is 261 Å². The summed E-state index contributed by atoms with van der Waals surface area (Å²) in [5.74, 6) is -0.150. The molecule has 0 saturated carbocycles. The molecule has 1 aromatic carbocycles. The van der Waals surface area contributed by atoms with E-state index in [1.54, 1.807) is 24.1 Å². The maximum absolute atomic E-state index is 14.6. The van der Waals surface area contributed by atoms with Crippen molar-refractivity contribution in [1.82, 2.24) is 29.3 Å².